The number of thioether (sulfide) groups is 1. The highest BCUT2D eigenvalue weighted by Crippen LogP contribution is 2.18. The lowest BCUT2D eigenvalue weighted by molar-refractivity contribution is 0.0202. The maximum absolute atomic E-state index is 12.4. The lowest BCUT2D eigenvalue weighted by atomic mass is 10.2. The number of halogens is 2. The Labute approximate surface area is 76.3 Å². The summed E-state index contributed by atoms with van der Waals surface area (Å²) in [4.78, 5) is 0. The second-order valence-corrected chi connectivity index (χ2v) is 4.52. The molecular formula is C8H15F2NS. The average Bonchev–Trinajstić information content (AvgIpc) is 2.02. The number of rotatable bonds is 3. The summed E-state index contributed by atoms with van der Waals surface area (Å²) in [6.45, 7) is 0.772. The molecule has 1 fully saturated rings. The third-order valence-corrected chi connectivity index (χ3v) is 3.08. The van der Waals surface area contributed by atoms with Crippen LogP contribution in [0.4, 0.5) is 8.78 Å². The van der Waals surface area contributed by atoms with Gasteiger partial charge in [0, 0.05) is 18.7 Å². The molecule has 0 aromatic carbocycles. The van der Waals surface area contributed by atoms with Crippen LogP contribution >= 0.6 is 11.8 Å². The third-order valence-electron chi connectivity index (χ3n) is 1.86. The Morgan fingerprint density at radius 3 is 2.83 bits per heavy atom. The second-order valence-electron chi connectivity index (χ2n) is 3.37. The first-order valence-corrected chi connectivity index (χ1v) is 5.42. The van der Waals surface area contributed by atoms with Crippen molar-refractivity contribution in [2.24, 2.45) is 0 Å². The number of nitrogens with one attached hydrogen (secondary N) is 1. The van der Waals surface area contributed by atoms with E-state index >= 15 is 0 Å². The molecule has 1 aliphatic heterocycles. The summed E-state index contributed by atoms with van der Waals surface area (Å²) in [5.74, 6) is -0.404. The molecule has 1 nitrogen and oxygen atoms in total. The molecule has 1 atom stereocenters. The van der Waals surface area contributed by atoms with Gasteiger partial charge in [-0.05, 0) is 18.6 Å². The molecule has 1 aliphatic rings. The predicted octanol–water partition coefficient (Wildman–Crippen LogP) is 2.13. The largest absolute Gasteiger partial charge is 0.308 e. The predicted molar refractivity (Wildman–Crippen MR) is 49.0 cm³/mol. The van der Waals surface area contributed by atoms with E-state index in [0.717, 1.165) is 25.5 Å². The van der Waals surface area contributed by atoms with E-state index in [-0.39, 0.29) is 6.54 Å². The van der Waals surface area contributed by atoms with Gasteiger partial charge in [-0.2, -0.15) is 11.8 Å². The topological polar surface area (TPSA) is 12.0 Å². The van der Waals surface area contributed by atoms with Gasteiger partial charge >= 0.3 is 0 Å². The summed E-state index contributed by atoms with van der Waals surface area (Å²) < 4.78 is 24.8. The van der Waals surface area contributed by atoms with Gasteiger partial charge in [0.05, 0.1) is 6.54 Å². The molecule has 1 rings (SSSR count). The van der Waals surface area contributed by atoms with Crippen LogP contribution in [-0.2, 0) is 0 Å². The average molecular weight is 195 g/mol. The van der Waals surface area contributed by atoms with Gasteiger partial charge < -0.3 is 5.32 Å². The van der Waals surface area contributed by atoms with E-state index in [0.29, 0.717) is 6.04 Å². The Morgan fingerprint density at radius 2 is 2.33 bits per heavy atom. The van der Waals surface area contributed by atoms with Crippen molar-refractivity contribution in [2.45, 2.75) is 31.7 Å². The normalized spacial score (nSPS) is 25.8. The molecule has 0 saturated carbocycles. The molecular weight excluding hydrogens is 180 g/mol. The van der Waals surface area contributed by atoms with E-state index in [9.17, 15) is 8.78 Å². The van der Waals surface area contributed by atoms with Crippen LogP contribution in [0.15, 0.2) is 0 Å². The maximum Gasteiger partial charge on any atom is 0.257 e. The molecule has 1 saturated heterocycles. The fraction of sp³-hybridized carbons (Fsp3) is 1.00. The fourth-order valence-electron chi connectivity index (χ4n) is 1.23. The summed E-state index contributed by atoms with van der Waals surface area (Å²) in [5, 5.41) is 2.89. The first kappa shape index (κ1) is 10.3. The van der Waals surface area contributed by atoms with Gasteiger partial charge in [-0.15, -0.1) is 0 Å². The monoisotopic (exact) mass is 195 g/mol. The Bertz CT molecular complexity index is 130. The first-order valence-electron chi connectivity index (χ1n) is 4.27. The summed E-state index contributed by atoms with van der Waals surface area (Å²) in [6.07, 6.45) is 2.20. The Kier molecular flexibility index (Phi) is 3.77. The molecule has 0 radical (unpaired) electrons. The van der Waals surface area contributed by atoms with E-state index < -0.39 is 5.92 Å². The molecule has 1 unspecified atom stereocenters. The molecule has 0 spiro atoms. The van der Waals surface area contributed by atoms with Gasteiger partial charge in [-0.3, -0.25) is 0 Å². The van der Waals surface area contributed by atoms with E-state index in [1.165, 1.54) is 5.75 Å². The first-order chi connectivity index (χ1) is 5.58. The molecule has 1 heterocycles. The SMILES string of the molecule is CC(F)(F)CNC1CCCSC1. The molecule has 0 aliphatic carbocycles. The van der Waals surface area contributed by atoms with Crippen LogP contribution in [-0.4, -0.2) is 30.0 Å². The van der Waals surface area contributed by atoms with Crippen molar-refractivity contribution in [2.75, 3.05) is 18.1 Å². The standard InChI is InChI=1S/C8H15F2NS/c1-8(9,10)6-11-7-3-2-4-12-5-7/h7,11H,2-6H2,1H3. The van der Waals surface area contributed by atoms with Crippen molar-refractivity contribution in [1.29, 1.82) is 0 Å². The van der Waals surface area contributed by atoms with Gasteiger partial charge in [0.2, 0.25) is 0 Å². The van der Waals surface area contributed by atoms with Gasteiger partial charge in [0.15, 0.2) is 0 Å². The lowest BCUT2D eigenvalue weighted by Gasteiger charge is -2.24. The molecule has 4 heteroatoms. The van der Waals surface area contributed by atoms with Crippen LogP contribution in [0.5, 0.6) is 0 Å². The molecule has 0 amide bonds. The Balaban J connectivity index is 2.13. The summed E-state index contributed by atoms with van der Waals surface area (Å²) in [5.41, 5.74) is 0. The van der Waals surface area contributed by atoms with Crippen molar-refractivity contribution in [3.8, 4) is 0 Å². The molecule has 0 aromatic heterocycles. The van der Waals surface area contributed by atoms with Crippen LogP contribution < -0.4 is 5.32 Å². The lowest BCUT2D eigenvalue weighted by Crippen LogP contribution is -2.40. The highest BCUT2D eigenvalue weighted by Gasteiger charge is 2.23. The van der Waals surface area contributed by atoms with E-state index in [1.807, 2.05) is 11.8 Å². The summed E-state index contributed by atoms with van der Waals surface area (Å²) in [6, 6.07) is 0.301. The zero-order chi connectivity index (χ0) is 9.03. The van der Waals surface area contributed by atoms with Crippen molar-refractivity contribution < 1.29 is 8.78 Å². The summed E-state index contributed by atoms with van der Waals surface area (Å²) >= 11 is 1.85. The van der Waals surface area contributed by atoms with Crippen molar-refractivity contribution in [3.05, 3.63) is 0 Å². The molecule has 0 aromatic rings. The molecule has 72 valence electrons. The van der Waals surface area contributed by atoms with Crippen LogP contribution in [0.1, 0.15) is 19.8 Å². The van der Waals surface area contributed by atoms with E-state index in [4.69, 9.17) is 0 Å². The van der Waals surface area contributed by atoms with Crippen molar-refractivity contribution in [3.63, 3.8) is 0 Å². The fourth-order valence-corrected chi connectivity index (χ4v) is 2.33. The van der Waals surface area contributed by atoms with Crippen LogP contribution in [0.3, 0.4) is 0 Å². The van der Waals surface area contributed by atoms with Gasteiger partial charge in [-0.1, -0.05) is 0 Å². The van der Waals surface area contributed by atoms with Crippen molar-refractivity contribution in [1.82, 2.24) is 5.32 Å². The minimum atomic E-state index is -2.57. The zero-order valence-electron chi connectivity index (χ0n) is 7.28. The minimum Gasteiger partial charge on any atom is -0.308 e. The second kappa shape index (κ2) is 4.42. The van der Waals surface area contributed by atoms with Gasteiger partial charge in [0.25, 0.3) is 5.92 Å². The quantitative estimate of drug-likeness (QED) is 0.740. The van der Waals surface area contributed by atoms with Crippen LogP contribution in [0.25, 0.3) is 0 Å². The van der Waals surface area contributed by atoms with Crippen molar-refractivity contribution >= 4 is 11.8 Å². The Morgan fingerprint density at radius 1 is 1.58 bits per heavy atom. The van der Waals surface area contributed by atoms with E-state index in [1.54, 1.807) is 0 Å². The molecule has 0 bridgehead atoms. The molecule has 1 N–H and O–H groups in total. The van der Waals surface area contributed by atoms with E-state index in [2.05, 4.69) is 5.32 Å². The molecule has 12 heavy (non-hydrogen) atoms. The maximum atomic E-state index is 12.4. The summed E-state index contributed by atoms with van der Waals surface area (Å²) in [7, 11) is 0. The highest BCUT2D eigenvalue weighted by atomic mass is 32.2. The Hall–Kier alpha value is 0.170. The third kappa shape index (κ3) is 4.26. The van der Waals surface area contributed by atoms with Crippen LogP contribution in [0, 0.1) is 0 Å². The number of hydrogen-bond acceptors (Lipinski definition) is 2. The van der Waals surface area contributed by atoms with Gasteiger partial charge in [0.1, 0.15) is 0 Å². The number of hydrogen-bond donors (Lipinski definition) is 1. The zero-order valence-corrected chi connectivity index (χ0v) is 8.09. The minimum absolute atomic E-state index is 0.182. The smallest absolute Gasteiger partial charge is 0.257 e. The number of alkyl halides is 2. The van der Waals surface area contributed by atoms with Gasteiger partial charge in [-0.25, -0.2) is 8.78 Å². The highest BCUT2D eigenvalue weighted by molar-refractivity contribution is 7.99. The van der Waals surface area contributed by atoms with Crippen LogP contribution in [0.2, 0.25) is 0 Å².